The third-order valence-electron chi connectivity index (χ3n) is 1.77. The van der Waals surface area contributed by atoms with Crippen LogP contribution >= 0.6 is 11.6 Å². The maximum Gasteiger partial charge on any atom is 0.223 e. The number of hydrogen-bond acceptors (Lipinski definition) is 2. The smallest absolute Gasteiger partial charge is 0.223 e. The molecule has 0 saturated carbocycles. The molecule has 0 aliphatic rings. The number of carbonyl (C=O) groups excluding carboxylic acids is 1. The molecule has 72 valence electrons. The molecule has 1 amide bonds. The summed E-state index contributed by atoms with van der Waals surface area (Å²) in [5.74, 6) is 0.442. The number of hydrogen-bond donors (Lipinski definition) is 0. The quantitative estimate of drug-likeness (QED) is 0.613. The van der Waals surface area contributed by atoms with E-state index in [9.17, 15) is 4.79 Å². The van der Waals surface area contributed by atoms with E-state index in [1.54, 1.807) is 19.1 Å². The van der Waals surface area contributed by atoms with Crippen LogP contribution in [0, 0.1) is 0 Å². The molecule has 1 atom stereocenters. The van der Waals surface area contributed by atoms with Crippen molar-refractivity contribution in [2.45, 2.75) is 19.4 Å². The molecule has 0 radical (unpaired) electrons. The zero-order valence-electron chi connectivity index (χ0n) is 7.84. The molecule has 0 fully saturated rings. The van der Waals surface area contributed by atoms with E-state index in [2.05, 4.69) is 0 Å². The summed E-state index contributed by atoms with van der Waals surface area (Å²) in [4.78, 5) is 12.9. The largest absolute Gasteiger partial charge is 0.383 e. The standard InChI is InChI=1S/C8H16ClNO2/c1-7(6-12-3)10(2)8(11)4-5-9/h7H,4-6H2,1-3H3. The molecule has 0 aliphatic carbocycles. The molecule has 0 heterocycles. The summed E-state index contributed by atoms with van der Waals surface area (Å²) in [7, 11) is 3.38. The third-order valence-corrected chi connectivity index (χ3v) is 1.96. The zero-order valence-corrected chi connectivity index (χ0v) is 8.60. The molecule has 1 unspecified atom stereocenters. The van der Waals surface area contributed by atoms with Gasteiger partial charge in [-0.2, -0.15) is 0 Å². The average molecular weight is 194 g/mol. The maximum absolute atomic E-state index is 11.2. The number of rotatable bonds is 5. The molecule has 0 aromatic heterocycles. The maximum atomic E-state index is 11.2. The number of methoxy groups -OCH3 is 1. The molecule has 4 heteroatoms. The third kappa shape index (κ3) is 3.93. The van der Waals surface area contributed by atoms with Gasteiger partial charge in [-0.3, -0.25) is 4.79 Å². The Labute approximate surface area is 78.6 Å². The van der Waals surface area contributed by atoms with Crippen molar-refractivity contribution in [2.75, 3.05) is 26.6 Å². The summed E-state index contributed by atoms with van der Waals surface area (Å²) in [5, 5.41) is 0. The highest BCUT2D eigenvalue weighted by atomic mass is 35.5. The van der Waals surface area contributed by atoms with Crippen molar-refractivity contribution in [3.63, 3.8) is 0 Å². The minimum absolute atomic E-state index is 0.0644. The Morgan fingerprint density at radius 1 is 1.67 bits per heavy atom. The molecule has 0 aromatic carbocycles. The fourth-order valence-electron chi connectivity index (χ4n) is 0.856. The van der Waals surface area contributed by atoms with Gasteiger partial charge >= 0.3 is 0 Å². The Hall–Kier alpha value is -0.280. The highest BCUT2D eigenvalue weighted by Crippen LogP contribution is 2.00. The van der Waals surface area contributed by atoms with Gasteiger partial charge in [-0.25, -0.2) is 0 Å². The number of likely N-dealkylation sites (N-methyl/N-ethyl adjacent to an activating group) is 1. The Kier molecular flexibility index (Phi) is 6.11. The highest BCUT2D eigenvalue weighted by Gasteiger charge is 2.13. The Morgan fingerprint density at radius 2 is 2.25 bits per heavy atom. The highest BCUT2D eigenvalue weighted by molar-refractivity contribution is 6.18. The number of carbonyl (C=O) groups is 1. The fraction of sp³-hybridized carbons (Fsp3) is 0.875. The van der Waals surface area contributed by atoms with E-state index in [1.807, 2.05) is 6.92 Å². The van der Waals surface area contributed by atoms with Crippen LogP contribution in [0.2, 0.25) is 0 Å². The topological polar surface area (TPSA) is 29.5 Å². The predicted molar refractivity (Wildman–Crippen MR) is 49.4 cm³/mol. The fourth-order valence-corrected chi connectivity index (χ4v) is 1.02. The van der Waals surface area contributed by atoms with Gasteiger partial charge in [0.05, 0.1) is 12.6 Å². The molecular formula is C8H16ClNO2. The Morgan fingerprint density at radius 3 is 2.67 bits per heavy atom. The molecular weight excluding hydrogens is 178 g/mol. The van der Waals surface area contributed by atoms with Crippen molar-refractivity contribution in [1.29, 1.82) is 0 Å². The molecule has 0 aromatic rings. The molecule has 0 aliphatic heterocycles. The lowest BCUT2D eigenvalue weighted by Gasteiger charge is -2.23. The van der Waals surface area contributed by atoms with Gasteiger partial charge < -0.3 is 9.64 Å². The van der Waals surface area contributed by atoms with Gasteiger partial charge in [0.15, 0.2) is 0 Å². The minimum Gasteiger partial charge on any atom is -0.383 e. The lowest BCUT2D eigenvalue weighted by atomic mass is 10.3. The van der Waals surface area contributed by atoms with Crippen LogP contribution in [0.25, 0.3) is 0 Å². The van der Waals surface area contributed by atoms with Crippen LogP contribution in [0.4, 0.5) is 0 Å². The van der Waals surface area contributed by atoms with Crippen LogP contribution in [0.1, 0.15) is 13.3 Å². The van der Waals surface area contributed by atoms with E-state index in [-0.39, 0.29) is 11.9 Å². The number of alkyl halides is 1. The normalized spacial score (nSPS) is 12.7. The van der Waals surface area contributed by atoms with Gasteiger partial charge in [0.2, 0.25) is 5.91 Å². The number of ether oxygens (including phenoxy) is 1. The molecule has 0 rings (SSSR count). The lowest BCUT2D eigenvalue weighted by Crippen LogP contribution is -2.37. The van der Waals surface area contributed by atoms with Crippen LogP contribution in [0.5, 0.6) is 0 Å². The summed E-state index contributed by atoms with van der Waals surface area (Å²) in [6.07, 6.45) is 0.395. The van der Waals surface area contributed by atoms with Gasteiger partial charge in [0, 0.05) is 26.5 Å². The van der Waals surface area contributed by atoms with Gasteiger partial charge in [-0.1, -0.05) is 0 Å². The molecule has 12 heavy (non-hydrogen) atoms. The minimum atomic E-state index is 0.0644. The van der Waals surface area contributed by atoms with E-state index in [0.717, 1.165) is 0 Å². The number of amides is 1. The van der Waals surface area contributed by atoms with Crippen molar-refractivity contribution in [1.82, 2.24) is 4.90 Å². The summed E-state index contributed by atoms with van der Waals surface area (Å²) in [5.41, 5.74) is 0. The first-order valence-electron chi connectivity index (χ1n) is 3.94. The Bertz CT molecular complexity index is 141. The van der Waals surface area contributed by atoms with Gasteiger partial charge in [0.1, 0.15) is 0 Å². The van der Waals surface area contributed by atoms with E-state index < -0.39 is 0 Å². The van der Waals surface area contributed by atoms with Gasteiger partial charge in [0.25, 0.3) is 0 Å². The van der Waals surface area contributed by atoms with Gasteiger partial charge in [-0.05, 0) is 6.92 Å². The van der Waals surface area contributed by atoms with Crippen LogP contribution < -0.4 is 0 Å². The zero-order chi connectivity index (χ0) is 9.56. The number of halogens is 1. The van der Waals surface area contributed by atoms with Crippen molar-refractivity contribution in [2.24, 2.45) is 0 Å². The van der Waals surface area contributed by atoms with Crippen molar-refractivity contribution in [3.8, 4) is 0 Å². The average Bonchev–Trinajstić information content (AvgIpc) is 2.04. The van der Waals surface area contributed by atoms with Crippen LogP contribution in [0.15, 0.2) is 0 Å². The van der Waals surface area contributed by atoms with Gasteiger partial charge in [-0.15, -0.1) is 11.6 Å². The van der Waals surface area contributed by atoms with Crippen LogP contribution in [-0.2, 0) is 9.53 Å². The predicted octanol–water partition coefficient (Wildman–Crippen LogP) is 1.11. The Balaban J connectivity index is 3.82. The van der Waals surface area contributed by atoms with Crippen LogP contribution in [-0.4, -0.2) is 43.5 Å². The summed E-state index contributed by atoms with van der Waals surface area (Å²) in [6, 6.07) is 0.116. The van der Waals surface area contributed by atoms with Crippen LogP contribution in [0.3, 0.4) is 0 Å². The second kappa shape index (κ2) is 6.26. The molecule has 0 saturated heterocycles. The molecule has 0 bridgehead atoms. The van der Waals surface area contributed by atoms with E-state index in [4.69, 9.17) is 16.3 Å². The first-order valence-corrected chi connectivity index (χ1v) is 4.47. The summed E-state index contributed by atoms with van der Waals surface area (Å²) < 4.78 is 4.93. The monoisotopic (exact) mass is 193 g/mol. The molecule has 0 N–H and O–H groups in total. The second-order valence-electron chi connectivity index (χ2n) is 2.75. The summed E-state index contributed by atoms with van der Waals surface area (Å²) in [6.45, 7) is 2.50. The van der Waals surface area contributed by atoms with Crippen molar-refractivity contribution >= 4 is 17.5 Å². The van der Waals surface area contributed by atoms with Crippen molar-refractivity contribution < 1.29 is 9.53 Å². The summed E-state index contributed by atoms with van der Waals surface area (Å²) >= 11 is 5.44. The lowest BCUT2D eigenvalue weighted by molar-refractivity contribution is -0.132. The second-order valence-corrected chi connectivity index (χ2v) is 3.13. The van der Waals surface area contributed by atoms with E-state index in [1.165, 1.54) is 0 Å². The SMILES string of the molecule is COCC(C)N(C)C(=O)CCCl. The van der Waals surface area contributed by atoms with E-state index >= 15 is 0 Å². The van der Waals surface area contributed by atoms with Crippen molar-refractivity contribution in [3.05, 3.63) is 0 Å². The first kappa shape index (κ1) is 11.7. The van der Waals surface area contributed by atoms with E-state index in [0.29, 0.717) is 18.9 Å². The number of nitrogens with zero attached hydrogens (tertiary/aromatic N) is 1. The molecule has 0 spiro atoms. The molecule has 3 nitrogen and oxygen atoms in total. The first-order chi connectivity index (χ1) is 5.63.